The molecule has 0 aliphatic carbocycles. The van der Waals surface area contributed by atoms with Crippen molar-refractivity contribution in [3.8, 4) is 0 Å². The van der Waals surface area contributed by atoms with Gasteiger partial charge in [-0.15, -0.1) is 0 Å². The van der Waals surface area contributed by atoms with Crippen LogP contribution < -0.4 is 10.6 Å². The number of amides is 1. The van der Waals surface area contributed by atoms with Gasteiger partial charge in [0.25, 0.3) is 0 Å². The van der Waals surface area contributed by atoms with Crippen LogP contribution in [-0.4, -0.2) is 52.2 Å². The van der Waals surface area contributed by atoms with Gasteiger partial charge in [0.15, 0.2) is 5.96 Å². The first kappa shape index (κ1) is 20.9. The first-order valence-electron chi connectivity index (χ1n) is 10.4. The largest absolute Gasteiger partial charge is 0.357 e. The smallest absolute Gasteiger partial charge is 0.225 e. The van der Waals surface area contributed by atoms with Crippen LogP contribution in [0.2, 0.25) is 0 Å². The maximum absolute atomic E-state index is 12.2. The van der Waals surface area contributed by atoms with Crippen molar-refractivity contribution >= 4 is 11.9 Å². The Labute approximate surface area is 173 Å². The molecule has 156 valence electrons. The van der Waals surface area contributed by atoms with E-state index in [-0.39, 0.29) is 17.9 Å². The predicted octanol–water partition coefficient (Wildman–Crippen LogP) is 2.24. The number of carbonyl (C=O) groups excluding carboxylic acids is 1. The molecule has 7 heteroatoms. The van der Waals surface area contributed by atoms with Gasteiger partial charge in [-0.25, -0.2) is 4.99 Å². The van der Waals surface area contributed by atoms with Crippen LogP contribution in [0.4, 0.5) is 0 Å². The van der Waals surface area contributed by atoms with E-state index in [1.54, 1.807) is 6.20 Å². The Kier molecular flexibility index (Phi) is 7.27. The minimum absolute atomic E-state index is 0.0435. The van der Waals surface area contributed by atoms with E-state index < -0.39 is 0 Å². The Morgan fingerprint density at radius 3 is 2.76 bits per heavy atom. The van der Waals surface area contributed by atoms with Crippen LogP contribution in [0, 0.1) is 5.92 Å². The van der Waals surface area contributed by atoms with Gasteiger partial charge in [-0.05, 0) is 30.5 Å². The van der Waals surface area contributed by atoms with Crippen molar-refractivity contribution in [2.24, 2.45) is 10.9 Å². The van der Waals surface area contributed by atoms with Crippen molar-refractivity contribution in [3.05, 3.63) is 53.9 Å². The number of hydrogen-bond donors (Lipinski definition) is 2. The fourth-order valence-corrected chi connectivity index (χ4v) is 3.56. The molecule has 2 aromatic rings. The Morgan fingerprint density at radius 1 is 1.28 bits per heavy atom. The van der Waals surface area contributed by atoms with Crippen LogP contribution in [0.15, 0.2) is 47.7 Å². The third kappa shape index (κ3) is 5.82. The van der Waals surface area contributed by atoms with Crippen molar-refractivity contribution in [1.29, 1.82) is 0 Å². The molecule has 1 saturated heterocycles. The van der Waals surface area contributed by atoms with E-state index >= 15 is 0 Å². The maximum atomic E-state index is 12.2. The standard InChI is InChI=1S/C22H32N6O/c1-4-23-22(26-20-10-13-27(16-20)21(29)17(2)3)24-14-18-8-5-6-9-19(18)15-28-12-7-11-25-28/h5-9,11-12,17,20H,4,10,13-16H2,1-3H3,(H2,23,24,26). The van der Waals surface area contributed by atoms with Crippen molar-refractivity contribution in [2.75, 3.05) is 19.6 Å². The summed E-state index contributed by atoms with van der Waals surface area (Å²) in [7, 11) is 0. The SMILES string of the molecule is CCNC(=NCc1ccccc1Cn1cccn1)NC1CCN(C(=O)C(C)C)C1. The second kappa shape index (κ2) is 10.1. The van der Waals surface area contributed by atoms with Gasteiger partial charge in [0.2, 0.25) is 5.91 Å². The average Bonchev–Trinajstić information content (AvgIpc) is 3.39. The van der Waals surface area contributed by atoms with Gasteiger partial charge in [-0.1, -0.05) is 38.1 Å². The van der Waals surface area contributed by atoms with Gasteiger partial charge in [0, 0.05) is 44.0 Å². The molecule has 2 N–H and O–H groups in total. The fraction of sp³-hybridized carbons (Fsp3) is 0.500. The zero-order valence-electron chi connectivity index (χ0n) is 17.6. The first-order valence-corrected chi connectivity index (χ1v) is 10.4. The molecule has 0 saturated carbocycles. The molecule has 2 heterocycles. The molecule has 0 bridgehead atoms. The van der Waals surface area contributed by atoms with E-state index in [0.717, 1.165) is 38.6 Å². The highest BCUT2D eigenvalue weighted by atomic mass is 16.2. The summed E-state index contributed by atoms with van der Waals surface area (Å²) in [6, 6.07) is 10.5. The zero-order valence-corrected chi connectivity index (χ0v) is 17.6. The minimum Gasteiger partial charge on any atom is -0.357 e. The molecule has 1 unspecified atom stereocenters. The molecule has 29 heavy (non-hydrogen) atoms. The summed E-state index contributed by atoms with van der Waals surface area (Å²) in [5.74, 6) is 1.07. The monoisotopic (exact) mass is 396 g/mol. The van der Waals surface area contributed by atoms with E-state index in [9.17, 15) is 4.79 Å². The summed E-state index contributed by atoms with van der Waals surface area (Å²) >= 11 is 0. The minimum atomic E-state index is 0.0435. The molecule has 1 aromatic heterocycles. The van der Waals surface area contributed by atoms with Gasteiger partial charge in [-0.2, -0.15) is 5.10 Å². The Bertz CT molecular complexity index is 814. The molecule has 1 atom stereocenters. The molecule has 1 fully saturated rings. The Morgan fingerprint density at radius 2 is 2.07 bits per heavy atom. The fourth-order valence-electron chi connectivity index (χ4n) is 3.56. The number of hydrogen-bond acceptors (Lipinski definition) is 3. The number of likely N-dealkylation sites (tertiary alicyclic amines) is 1. The summed E-state index contributed by atoms with van der Waals surface area (Å²) < 4.78 is 1.92. The number of rotatable bonds is 7. The number of aliphatic imine (C=N–C) groups is 1. The second-order valence-electron chi connectivity index (χ2n) is 7.74. The topological polar surface area (TPSA) is 74.6 Å². The maximum Gasteiger partial charge on any atom is 0.225 e. The van der Waals surface area contributed by atoms with E-state index in [0.29, 0.717) is 6.54 Å². The van der Waals surface area contributed by atoms with Gasteiger partial charge in [-0.3, -0.25) is 9.48 Å². The molecule has 1 aliphatic rings. The zero-order chi connectivity index (χ0) is 20.6. The number of nitrogens with zero attached hydrogens (tertiary/aromatic N) is 4. The number of aromatic nitrogens is 2. The van der Waals surface area contributed by atoms with Crippen molar-refractivity contribution < 1.29 is 4.79 Å². The molecule has 3 rings (SSSR count). The highest BCUT2D eigenvalue weighted by Gasteiger charge is 2.27. The van der Waals surface area contributed by atoms with E-state index in [2.05, 4.69) is 34.8 Å². The lowest BCUT2D eigenvalue weighted by atomic mass is 10.1. The van der Waals surface area contributed by atoms with Crippen LogP contribution in [0.3, 0.4) is 0 Å². The lowest BCUT2D eigenvalue weighted by Crippen LogP contribution is -2.45. The molecular weight excluding hydrogens is 364 g/mol. The lowest BCUT2D eigenvalue weighted by molar-refractivity contribution is -0.133. The van der Waals surface area contributed by atoms with Crippen molar-refractivity contribution in [1.82, 2.24) is 25.3 Å². The van der Waals surface area contributed by atoms with Crippen LogP contribution in [0.5, 0.6) is 0 Å². The third-order valence-corrected chi connectivity index (χ3v) is 5.10. The molecule has 1 aromatic carbocycles. The van der Waals surface area contributed by atoms with Crippen LogP contribution in [0.1, 0.15) is 38.3 Å². The number of nitrogens with one attached hydrogen (secondary N) is 2. The number of benzene rings is 1. The summed E-state index contributed by atoms with van der Waals surface area (Å²) in [5, 5.41) is 11.1. The van der Waals surface area contributed by atoms with Gasteiger partial charge < -0.3 is 15.5 Å². The molecule has 1 amide bonds. The lowest BCUT2D eigenvalue weighted by Gasteiger charge is -2.20. The van der Waals surface area contributed by atoms with Crippen molar-refractivity contribution in [2.45, 2.75) is 46.3 Å². The van der Waals surface area contributed by atoms with E-state index in [1.807, 2.05) is 47.8 Å². The summed E-state index contributed by atoms with van der Waals surface area (Å²) in [6.45, 7) is 9.63. The number of guanidine groups is 1. The molecular formula is C22H32N6O. The highest BCUT2D eigenvalue weighted by Crippen LogP contribution is 2.14. The predicted molar refractivity (Wildman–Crippen MR) is 116 cm³/mol. The number of carbonyl (C=O) groups is 1. The highest BCUT2D eigenvalue weighted by molar-refractivity contribution is 5.81. The normalized spacial score (nSPS) is 17.0. The summed E-state index contributed by atoms with van der Waals surface area (Å²) in [6.07, 6.45) is 4.71. The van der Waals surface area contributed by atoms with Crippen LogP contribution in [-0.2, 0) is 17.9 Å². The van der Waals surface area contributed by atoms with Crippen LogP contribution >= 0.6 is 0 Å². The van der Waals surface area contributed by atoms with Crippen LogP contribution in [0.25, 0.3) is 0 Å². The summed E-state index contributed by atoms with van der Waals surface area (Å²) in [4.78, 5) is 19.0. The van der Waals surface area contributed by atoms with E-state index in [1.165, 1.54) is 11.1 Å². The Hall–Kier alpha value is -2.83. The van der Waals surface area contributed by atoms with Gasteiger partial charge in [0.05, 0.1) is 13.1 Å². The molecule has 7 nitrogen and oxygen atoms in total. The molecule has 0 spiro atoms. The van der Waals surface area contributed by atoms with E-state index in [4.69, 9.17) is 4.99 Å². The van der Waals surface area contributed by atoms with Gasteiger partial charge in [0.1, 0.15) is 0 Å². The summed E-state index contributed by atoms with van der Waals surface area (Å²) in [5.41, 5.74) is 2.40. The first-order chi connectivity index (χ1) is 14.1. The molecule has 0 radical (unpaired) electrons. The molecule has 1 aliphatic heterocycles. The second-order valence-corrected chi connectivity index (χ2v) is 7.74. The quantitative estimate of drug-likeness (QED) is 0.556. The third-order valence-electron chi connectivity index (χ3n) is 5.10. The Balaban J connectivity index is 1.64. The van der Waals surface area contributed by atoms with Gasteiger partial charge >= 0.3 is 0 Å². The van der Waals surface area contributed by atoms with Crippen molar-refractivity contribution in [3.63, 3.8) is 0 Å². The average molecular weight is 397 g/mol.